The van der Waals surface area contributed by atoms with Crippen molar-refractivity contribution in [2.45, 2.75) is 19.3 Å². The molecule has 0 fully saturated rings. The lowest BCUT2D eigenvalue weighted by molar-refractivity contribution is -0.138. The van der Waals surface area contributed by atoms with Gasteiger partial charge >= 0.3 is 12.4 Å². The second kappa shape index (κ2) is 5.69. The van der Waals surface area contributed by atoms with E-state index in [9.17, 15) is 26.3 Å². The molecule has 3 aromatic heterocycles. The van der Waals surface area contributed by atoms with Gasteiger partial charge in [0.05, 0.1) is 22.3 Å². The molecule has 4 rings (SSSR count). The minimum absolute atomic E-state index is 0.0395. The molecule has 0 spiro atoms. The number of aryl methyl sites for hydroxylation is 2. The Morgan fingerprint density at radius 3 is 2.32 bits per heavy atom. The van der Waals surface area contributed by atoms with Crippen molar-refractivity contribution in [2.75, 3.05) is 0 Å². The van der Waals surface area contributed by atoms with E-state index >= 15 is 0 Å². The van der Waals surface area contributed by atoms with Crippen LogP contribution in [0.1, 0.15) is 16.8 Å². The van der Waals surface area contributed by atoms with Gasteiger partial charge in [-0.1, -0.05) is 6.07 Å². The lowest BCUT2D eigenvalue weighted by Crippen LogP contribution is -2.08. The van der Waals surface area contributed by atoms with Gasteiger partial charge in [0, 0.05) is 18.6 Å². The van der Waals surface area contributed by atoms with Gasteiger partial charge in [0.1, 0.15) is 5.52 Å². The van der Waals surface area contributed by atoms with Gasteiger partial charge in [0.2, 0.25) is 5.95 Å². The number of halogens is 6. The Hall–Kier alpha value is -3.11. The summed E-state index contributed by atoms with van der Waals surface area (Å²) < 4.78 is 81.3. The van der Waals surface area contributed by atoms with Gasteiger partial charge in [0.25, 0.3) is 0 Å². The summed E-state index contributed by atoms with van der Waals surface area (Å²) in [6, 6.07) is 4.46. The highest BCUT2D eigenvalue weighted by atomic mass is 19.4. The predicted molar refractivity (Wildman–Crippen MR) is 87.9 cm³/mol. The van der Waals surface area contributed by atoms with Gasteiger partial charge in [-0.05, 0) is 25.1 Å². The van der Waals surface area contributed by atoms with Crippen LogP contribution in [0.5, 0.6) is 0 Å². The molecule has 0 saturated carbocycles. The fourth-order valence-electron chi connectivity index (χ4n) is 3.13. The predicted octanol–water partition coefficient (Wildman–Crippen LogP) is 4.65. The Morgan fingerprint density at radius 2 is 1.68 bits per heavy atom. The molecule has 3 heterocycles. The highest BCUT2D eigenvalue weighted by Crippen LogP contribution is 2.37. The maximum atomic E-state index is 13.3. The minimum Gasteiger partial charge on any atom is -0.296 e. The Labute approximate surface area is 153 Å². The molecule has 0 aliphatic rings. The van der Waals surface area contributed by atoms with Crippen LogP contribution in [0.25, 0.3) is 28.0 Å². The molecule has 0 N–H and O–H groups in total. The zero-order valence-electron chi connectivity index (χ0n) is 14.4. The van der Waals surface area contributed by atoms with Crippen LogP contribution in [0.4, 0.5) is 26.3 Å². The number of aromatic nitrogens is 5. The monoisotopic (exact) mass is 399 g/mol. The summed E-state index contributed by atoms with van der Waals surface area (Å²) in [7, 11) is 1.50. The van der Waals surface area contributed by atoms with E-state index < -0.39 is 23.5 Å². The molecule has 28 heavy (non-hydrogen) atoms. The van der Waals surface area contributed by atoms with E-state index in [0.29, 0.717) is 6.20 Å². The van der Waals surface area contributed by atoms with Crippen LogP contribution in [-0.4, -0.2) is 24.3 Å². The van der Waals surface area contributed by atoms with Gasteiger partial charge < -0.3 is 0 Å². The van der Waals surface area contributed by atoms with Gasteiger partial charge in [-0.3, -0.25) is 4.57 Å². The van der Waals surface area contributed by atoms with Gasteiger partial charge in [-0.2, -0.15) is 31.4 Å². The molecule has 0 radical (unpaired) electrons. The summed E-state index contributed by atoms with van der Waals surface area (Å²) in [6.07, 6.45) is -8.48. The molecule has 0 amide bonds. The largest absolute Gasteiger partial charge is 0.417 e. The van der Waals surface area contributed by atoms with Crippen LogP contribution in [-0.2, 0) is 19.4 Å². The number of fused-ring (bicyclic) bond motifs is 2. The average molecular weight is 399 g/mol. The number of benzene rings is 1. The molecule has 5 nitrogen and oxygen atoms in total. The van der Waals surface area contributed by atoms with Gasteiger partial charge in [-0.25, -0.2) is 14.6 Å². The molecule has 0 bridgehead atoms. The molecular weight excluding hydrogens is 388 g/mol. The lowest BCUT2D eigenvalue weighted by atomic mass is 10.1. The fourth-order valence-corrected chi connectivity index (χ4v) is 3.13. The highest BCUT2D eigenvalue weighted by molar-refractivity contribution is 5.86. The zero-order chi connectivity index (χ0) is 20.4. The van der Waals surface area contributed by atoms with E-state index in [4.69, 9.17) is 0 Å². The Kier molecular flexibility index (Phi) is 3.71. The first-order chi connectivity index (χ1) is 13.0. The van der Waals surface area contributed by atoms with E-state index in [1.807, 2.05) is 0 Å². The normalized spacial score (nSPS) is 13.0. The van der Waals surface area contributed by atoms with Gasteiger partial charge in [0.15, 0.2) is 5.65 Å². The van der Waals surface area contributed by atoms with Crippen molar-refractivity contribution in [3.63, 3.8) is 0 Å². The molecule has 0 saturated heterocycles. The molecule has 0 aliphatic heterocycles. The maximum Gasteiger partial charge on any atom is 0.417 e. The second-order valence-corrected chi connectivity index (χ2v) is 6.23. The van der Waals surface area contributed by atoms with Crippen LogP contribution in [0.2, 0.25) is 0 Å². The third-order valence-electron chi connectivity index (χ3n) is 4.44. The van der Waals surface area contributed by atoms with Crippen LogP contribution in [0.15, 0.2) is 30.5 Å². The minimum atomic E-state index is -4.59. The highest BCUT2D eigenvalue weighted by Gasteiger charge is 2.35. The van der Waals surface area contributed by atoms with Crippen molar-refractivity contribution in [1.82, 2.24) is 24.3 Å². The van der Waals surface area contributed by atoms with E-state index in [-0.39, 0.29) is 33.7 Å². The average Bonchev–Trinajstić information content (AvgIpc) is 3.10. The van der Waals surface area contributed by atoms with Gasteiger partial charge in [-0.15, -0.1) is 0 Å². The van der Waals surface area contributed by atoms with Crippen LogP contribution >= 0.6 is 0 Å². The summed E-state index contributed by atoms with van der Waals surface area (Å²) >= 11 is 0. The number of hydrogen-bond acceptors (Lipinski definition) is 3. The first-order valence-electron chi connectivity index (χ1n) is 7.94. The SMILES string of the molecule is Cc1c2c(C(F)(F)F)cccc2nn1-c1nc2cc(C(F)(F)F)cnc2n1C. The van der Waals surface area contributed by atoms with Crippen molar-refractivity contribution in [1.29, 1.82) is 0 Å². The Bertz CT molecular complexity index is 1210. The first kappa shape index (κ1) is 18.3. The van der Waals surface area contributed by atoms with Crippen LogP contribution in [0.3, 0.4) is 0 Å². The third kappa shape index (κ3) is 2.69. The second-order valence-electron chi connectivity index (χ2n) is 6.23. The fraction of sp³-hybridized carbons (Fsp3) is 0.235. The van der Waals surface area contributed by atoms with Crippen LogP contribution < -0.4 is 0 Å². The molecule has 4 aromatic rings. The molecular formula is C17H11F6N5. The number of alkyl halides is 6. The van der Waals surface area contributed by atoms with Crippen molar-refractivity contribution in [2.24, 2.45) is 7.05 Å². The number of rotatable bonds is 1. The topological polar surface area (TPSA) is 48.5 Å². The number of nitrogens with zero attached hydrogens (tertiary/aromatic N) is 5. The number of hydrogen-bond donors (Lipinski definition) is 0. The zero-order valence-corrected chi connectivity index (χ0v) is 14.4. The Morgan fingerprint density at radius 1 is 0.964 bits per heavy atom. The maximum absolute atomic E-state index is 13.3. The van der Waals surface area contributed by atoms with Crippen molar-refractivity contribution >= 4 is 22.1 Å². The molecule has 0 aliphatic carbocycles. The third-order valence-corrected chi connectivity index (χ3v) is 4.44. The molecule has 0 unspecified atom stereocenters. The van der Waals surface area contributed by atoms with Crippen LogP contribution in [0, 0.1) is 6.92 Å². The smallest absolute Gasteiger partial charge is 0.296 e. The van der Waals surface area contributed by atoms with E-state index in [0.717, 1.165) is 12.1 Å². The first-order valence-corrected chi connectivity index (χ1v) is 7.94. The Balaban J connectivity index is 1.97. The molecule has 0 atom stereocenters. The standard InChI is InChI=1S/C17H11F6N5/c1-8-13-10(17(21,22)23)4-3-5-11(13)26-28(8)15-25-12-6-9(16(18,19)20)7-24-14(12)27(15)2/h3-7H,1-2H3. The van der Waals surface area contributed by atoms with E-state index in [1.165, 1.54) is 35.4 Å². The van der Waals surface area contributed by atoms with Crippen molar-refractivity contribution in [3.8, 4) is 5.95 Å². The summed E-state index contributed by atoms with van der Waals surface area (Å²) in [6.45, 7) is 1.44. The molecule has 1 aromatic carbocycles. The lowest BCUT2D eigenvalue weighted by Gasteiger charge is -2.08. The summed E-state index contributed by atoms with van der Waals surface area (Å²) in [5.74, 6) is 0.0589. The number of pyridine rings is 1. The van der Waals surface area contributed by atoms with Crippen molar-refractivity contribution in [3.05, 3.63) is 47.3 Å². The summed E-state index contributed by atoms with van der Waals surface area (Å²) in [4.78, 5) is 7.92. The molecule has 11 heteroatoms. The van der Waals surface area contributed by atoms with E-state index in [2.05, 4.69) is 15.1 Å². The summed E-state index contributed by atoms with van der Waals surface area (Å²) in [5.41, 5.74) is -1.43. The van der Waals surface area contributed by atoms with Crippen molar-refractivity contribution < 1.29 is 26.3 Å². The quantitative estimate of drug-likeness (QED) is 0.438. The number of imidazole rings is 1. The molecule has 146 valence electrons. The van der Waals surface area contributed by atoms with E-state index in [1.54, 1.807) is 0 Å². The summed E-state index contributed by atoms with van der Waals surface area (Å²) in [5, 5.41) is 4.08.